The lowest BCUT2D eigenvalue weighted by atomic mass is 10.1. The number of rotatable bonds is 5. The first-order valence-corrected chi connectivity index (χ1v) is 8.66. The number of ether oxygens (including phenoxy) is 2. The summed E-state index contributed by atoms with van der Waals surface area (Å²) in [5, 5.41) is 9.92. The molecule has 2 aromatic heterocycles. The van der Waals surface area contributed by atoms with Crippen LogP contribution in [0.15, 0.2) is 0 Å². The molecule has 0 atom stereocenters. The number of aryl methyl sites for hydroxylation is 2. The molecule has 3 N–H and O–H groups in total. The molecule has 0 unspecified atom stereocenters. The summed E-state index contributed by atoms with van der Waals surface area (Å²) in [5.74, 6) is -0.334. The highest BCUT2D eigenvalue weighted by atomic mass is 32.1. The molecule has 0 spiro atoms. The molecule has 1 saturated heterocycles. The average Bonchev–Trinajstić information content (AvgIpc) is 2.88. The van der Waals surface area contributed by atoms with E-state index < -0.39 is 5.97 Å². The van der Waals surface area contributed by atoms with Crippen molar-refractivity contribution in [3.8, 4) is 5.75 Å². The first-order valence-electron chi connectivity index (χ1n) is 7.84. The highest BCUT2D eigenvalue weighted by Gasteiger charge is 2.21. The number of hydrogen-bond donors (Lipinski definition) is 2. The minimum absolute atomic E-state index is 0.130. The van der Waals surface area contributed by atoms with Gasteiger partial charge in [0.2, 0.25) is 0 Å². The van der Waals surface area contributed by atoms with E-state index in [4.69, 9.17) is 15.2 Å². The summed E-state index contributed by atoms with van der Waals surface area (Å²) in [6, 6.07) is 0. The summed E-state index contributed by atoms with van der Waals surface area (Å²) in [6.45, 7) is 8.48. The fraction of sp³-hybridized carbons (Fsp3) is 0.500. The lowest BCUT2D eigenvalue weighted by Crippen LogP contribution is -2.38. The summed E-state index contributed by atoms with van der Waals surface area (Å²) in [5.41, 5.74) is 7.88. The van der Waals surface area contributed by atoms with E-state index in [1.807, 2.05) is 13.8 Å². The minimum Gasteiger partial charge on any atom is -0.490 e. The number of aromatic carboxylic acids is 1. The molecule has 0 saturated carbocycles. The Morgan fingerprint density at radius 3 is 2.79 bits per heavy atom. The Morgan fingerprint density at radius 1 is 1.42 bits per heavy atom. The van der Waals surface area contributed by atoms with E-state index in [2.05, 4.69) is 9.88 Å². The van der Waals surface area contributed by atoms with E-state index in [9.17, 15) is 9.90 Å². The van der Waals surface area contributed by atoms with Crippen molar-refractivity contribution in [1.82, 2.24) is 9.88 Å². The van der Waals surface area contributed by atoms with Crippen molar-refractivity contribution in [2.75, 3.05) is 45.2 Å². The Bertz CT molecular complexity index is 769. The van der Waals surface area contributed by atoms with E-state index in [0.29, 0.717) is 22.6 Å². The Hall–Kier alpha value is -1.90. The summed E-state index contributed by atoms with van der Waals surface area (Å²) in [7, 11) is 0. The lowest BCUT2D eigenvalue weighted by molar-refractivity contribution is 0.0321. The van der Waals surface area contributed by atoms with Gasteiger partial charge in [-0.15, -0.1) is 11.3 Å². The number of carboxylic acids is 1. The molecule has 3 heterocycles. The first-order chi connectivity index (χ1) is 11.5. The molecule has 7 nitrogen and oxygen atoms in total. The highest BCUT2D eigenvalue weighted by Crippen LogP contribution is 2.39. The third-order valence-electron chi connectivity index (χ3n) is 4.19. The maximum atomic E-state index is 11.3. The predicted octanol–water partition coefficient (Wildman–Crippen LogP) is 1.90. The van der Waals surface area contributed by atoms with E-state index in [1.165, 1.54) is 0 Å². The molecule has 0 radical (unpaired) electrons. The number of fused-ring (bicyclic) bond motifs is 1. The molecule has 2 aromatic rings. The molecule has 130 valence electrons. The van der Waals surface area contributed by atoms with E-state index >= 15 is 0 Å². The molecule has 0 aromatic carbocycles. The molecular weight excluding hydrogens is 330 g/mol. The molecule has 1 fully saturated rings. The number of hydrogen-bond acceptors (Lipinski definition) is 7. The van der Waals surface area contributed by atoms with Gasteiger partial charge in [0.25, 0.3) is 0 Å². The lowest BCUT2D eigenvalue weighted by Gasteiger charge is -2.26. The number of nitrogen functional groups attached to an aromatic ring is 1. The molecule has 1 aliphatic rings. The smallest absolute Gasteiger partial charge is 0.348 e. The third-order valence-corrected chi connectivity index (χ3v) is 5.28. The zero-order valence-corrected chi connectivity index (χ0v) is 14.6. The number of nitrogens with zero attached hydrogens (tertiary/aromatic N) is 2. The number of carboxylic acid groups (broad SMARTS) is 1. The Kier molecular flexibility index (Phi) is 4.88. The maximum Gasteiger partial charge on any atom is 0.348 e. The van der Waals surface area contributed by atoms with Crippen LogP contribution in [0.25, 0.3) is 10.2 Å². The van der Waals surface area contributed by atoms with Crippen molar-refractivity contribution in [2.45, 2.75) is 13.8 Å². The standard InChI is InChI=1S/C16H21N3O4S/c1-9-11-12(17)14(16(20)21)24-15(11)18-10(2)13(9)23-8-5-19-3-6-22-7-4-19/h3-8,17H2,1-2H3,(H,20,21). The van der Waals surface area contributed by atoms with Crippen LogP contribution in [0.2, 0.25) is 0 Å². The molecule has 0 aliphatic carbocycles. The number of carbonyl (C=O) groups is 1. The van der Waals surface area contributed by atoms with Gasteiger partial charge in [-0.05, 0) is 13.8 Å². The second kappa shape index (κ2) is 6.92. The monoisotopic (exact) mass is 351 g/mol. The summed E-state index contributed by atoms with van der Waals surface area (Å²) in [4.78, 5) is 18.8. The molecule has 1 aliphatic heterocycles. The third kappa shape index (κ3) is 3.17. The van der Waals surface area contributed by atoms with Crippen molar-refractivity contribution in [1.29, 1.82) is 0 Å². The van der Waals surface area contributed by atoms with Crippen LogP contribution in [-0.2, 0) is 4.74 Å². The molecule has 0 amide bonds. The SMILES string of the molecule is Cc1nc2sc(C(=O)O)c(N)c2c(C)c1OCCN1CCOCC1. The fourth-order valence-corrected chi connectivity index (χ4v) is 3.97. The van der Waals surface area contributed by atoms with Gasteiger partial charge in [0.15, 0.2) is 0 Å². The minimum atomic E-state index is -1.03. The highest BCUT2D eigenvalue weighted by molar-refractivity contribution is 7.21. The van der Waals surface area contributed by atoms with E-state index in [0.717, 1.165) is 55.4 Å². The zero-order valence-electron chi connectivity index (χ0n) is 13.8. The van der Waals surface area contributed by atoms with Crippen LogP contribution < -0.4 is 10.5 Å². The Labute approximate surface area is 144 Å². The van der Waals surface area contributed by atoms with Crippen LogP contribution in [-0.4, -0.2) is 60.4 Å². The predicted molar refractivity (Wildman–Crippen MR) is 93.2 cm³/mol. The Morgan fingerprint density at radius 2 is 2.12 bits per heavy atom. The van der Waals surface area contributed by atoms with Crippen LogP contribution in [0.3, 0.4) is 0 Å². The number of aromatic nitrogens is 1. The number of thiophene rings is 1. The van der Waals surface area contributed by atoms with Gasteiger partial charge < -0.3 is 20.3 Å². The van der Waals surface area contributed by atoms with Gasteiger partial charge in [-0.3, -0.25) is 4.90 Å². The van der Waals surface area contributed by atoms with Gasteiger partial charge in [0.05, 0.1) is 24.6 Å². The average molecular weight is 351 g/mol. The van der Waals surface area contributed by atoms with Gasteiger partial charge in [0, 0.05) is 30.6 Å². The number of nitrogens with two attached hydrogens (primary N) is 1. The van der Waals surface area contributed by atoms with Gasteiger partial charge in [0.1, 0.15) is 22.1 Å². The Balaban J connectivity index is 1.82. The second-order valence-electron chi connectivity index (χ2n) is 5.78. The van der Waals surface area contributed by atoms with Gasteiger partial charge >= 0.3 is 5.97 Å². The molecular formula is C16H21N3O4S. The van der Waals surface area contributed by atoms with E-state index in [-0.39, 0.29) is 10.6 Å². The van der Waals surface area contributed by atoms with Gasteiger partial charge in [-0.25, -0.2) is 9.78 Å². The van der Waals surface area contributed by atoms with Crippen LogP contribution in [0.5, 0.6) is 5.75 Å². The van der Waals surface area contributed by atoms with Crippen molar-refractivity contribution in [2.24, 2.45) is 0 Å². The topological polar surface area (TPSA) is 97.9 Å². The number of pyridine rings is 1. The van der Waals surface area contributed by atoms with Gasteiger partial charge in [-0.1, -0.05) is 0 Å². The first kappa shape index (κ1) is 16.9. The van der Waals surface area contributed by atoms with Crippen LogP contribution in [0, 0.1) is 13.8 Å². The normalized spacial score (nSPS) is 15.8. The second-order valence-corrected chi connectivity index (χ2v) is 6.78. The van der Waals surface area contributed by atoms with Crippen molar-refractivity contribution in [3.63, 3.8) is 0 Å². The quantitative estimate of drug-likeness (QED) is 0.849. The maximum absolute atomic E-state index is 11.3. The molecule has 24 heavy (non-hydrogen) atoms. The zero-order chi connectivity index (χ0) is 17.3. The summed E-state index contributed by atoms with van der Waals surface area (Å²) in [6.07, 6.45) is 0. The van der Waals surface area contributed by atoms with Crippen LogP contribution in [0.4, 0.5) is 5.69 Å². The number of anilines is 1. The van der Waals surface area contributed by atoms with Crippen LogP contribution in [0.1, 0.15) is 20.9 Å². The van der Waals surface area contributed by atoms with Crippen molar-refractivity contribution >= 4 is 33.2 Å². The fourth-order valence-electron chi connectivity index (χ4n) is 2.93. The summed E-state index contributed by atoms with van der Waals surface area (Å²) < 4.78 is 11.3. The molecule has 0 bridgehead atoms. The largest absolute Gasteiger partial charge is 0.490 e. The number of morpholine rings is 1. The van der Waals surface area contributed by atoms with Crippen molar-refractivity contribution < 1.29 is 19.4 Å². The van der Waals surface area contributed by atoms with Gasteiger partial charge in [-0.2, -0.15) is 0 Å². The van der Waals surface area contributed by atoms with Crippen molar-refractivity contribution in [3.05, 3.63) is 16.1 Å². The molecule has 8 heteroatoms. The van der Waals surface area contributed by atoms with Crippen LogP contribution >= 0.6 is 11.3 Å². The van der Waals surface area contributed by atoms with E-state index in [1.54, 1.807) is 0 Å². The molecule has 3 rings (SSSR count). The summed E-state index contributed by atoms with van der Waals surface area (Å²) >= 11 is 1.10.